The van der Waals surface area contributed by atoms with E-state index >= 15 is 0 Å². The third-order valence-electron chi connectivity index (χ3n) is 4.62. The van der Waals surface area contributed by atoms with Crippen molar-refractivity contribution in [3.8, 4) is 11.3 Å². The summed E-state index contributed by atoms with van der Waals surface area (Å²) in [5.41, 5.74) is 1.94. The van der Waals surface area contributed by atoms with E-state index in [2.05, 4.69) is 10.3 Å². The van der Waals surface area contributed by atoms with Crippen LogP contribution in [0.15, 0.2) is 48.5 Å². The Morgan fingerprint density at radius 2 is 1.87 bits per heavy atom. The van der Waals surface area contributed by atoms with Crippen LogP contribution in [0.2, 0.25) is 0 Å². The van der Waals surface area contributed by atoms with Crippen LogP contribution < -0.4 is 5.32 Å². The van der Waals surface area contributed by atoms with Crippen molar-refractivity contribution in [1.82, 2.24) is 10.3 Å². The summed E-state index contributed by atoms with van der Waals surface area (Å²) in [4.78, 5) is 16.9. The number of ether oxygens (including phenoxy) is 1. The van der Waals surface area contributed by atoms with Gasteiger partial charge in [-0.15, -0.1) is 0 Å². The van der Waals surface area contributed by atoms with Crippen LogP contribution in [0.1, 0.15) is 28.4 Å². The standard InChI is InChI=1S/C22H21F3N2O3/c1-13(11-28)26-21(29)15-5-8-18-16(12-30-2)10-19(27-20(18)9-15)14-3-6-17(7-4-14)22(23,24)25/h3-10,13,28H,11-12H2,1-2H3,(H,26,29)/t13-/m1/s1. The average Bonchev–Trinajstić information content (AvgIpc) is 2.72. The quantitative estimate of drug-likeness (QED) is 0.630. The van der Waals surface area contributed by atoms with E-state index in [9.17, 15) is 18.0 Å². The number of hydrogen-bond donors (Lipinski definition) is 2. The zero-order chi connectivity index (χ0) is 21.9. The Hall–Kier alpha value is -2.97. The number of aromatic nitrogens is 1. The lowest BCUT2D eigenvalue weighted by Gasteiger charge is -2.13. The Morgan fingerprint density at radius 1 is 1.17 bits per heavy atom. The molecule has 2 N–H and O–H groups in total. The number of pyridine rings is 1. The number of aliphatic hydroxyl groups excluding tert-OH is 1. The summed E-state index contributed by atoms with van der Waals surface area (Å²) in [5, 5.41) is 12.6. The topological polar surface area (TPSA) is 71.5 Å². The number of amides is 1. The molecular formula is C22H21F3N2O3. The summed E-state index contributed by atoms with van der Waals surface area (Å²) in [6.45, 7) is 1.77. The van der Waals surface area contributed by atoms with E-state index in [1.807, 2.05) is 0 Å². The van der Waals surface area contributed by atoms with Crippen molar-refractivity contribution in [3.63, 3.8) is 0 Å². The molecule has 0 radical (unpaired) electrons. The molecule has 0 aliphatic heterocycles. The molecule has 5 nitrogen and oxygen atoms in total. The maximum Gasteiger partial charge on any atom is 0.416 e. The predicted molar refractivity (Wildman–Crippen MR) is 107 cm³/mol. The summed E-state index contributed by atoms with van der Waals surface area (Å²) < 4.78 is 43.8. The first kappa shape index (κ1) is 21.7. The number of aliphatic hydroxyl groups is 1. The van der Waals surface area contributed by atoms with E-state index in [0.29, 0.717) is 22.3 Å². The second-order valence-electron chi connectivity index (χ2n) is 6.96. The third-order valence-corrected chi connectivity index (χ3v) is 4.62. The van der Waals surface area contributed by atoms with Gasteiger partial charge in [-0.05, 0) is 42.8 Å². The van der Waals surface area contributed by atoms with Crippen LogP contribution in [-0.4, -0.2) is 35.8 Å². The average molecular weight is 418 g/mol. The molecule has 0 bridgehead atoms. The van der Waals surface area contributed by atoms with Crippen LogP contribution in [0.4, 0.5) is 13.2 Å². The minimum Gasteiger partial charge on any atom is -0.394 e. The molecule has 1 amide bonds. The van der Waals surface area contributed by atoms with E-state index in [4.69, 9.17) is 9.84 Å². The predicted octanol–water partition coefficient (Wildman–Crippen LogP) is 4.18. The van der Waals surface area contributed by atoms with Crippen molar-refractivity contribution < 1.29 is 27.8 Å². The molecule has 0 saturated carbocycles. The molecule has 3 rings (SSSR count). The number of alkyl halides is 3. The maximum atomic E-state index is 12.8. The molecule has 3 aromatic rings. The molecule has 0 unspecified atom stereocenters. The van der Waals surface area contributed by atoms with E-state index in [1.165, 1.54) is 12.1 Å². The minimum absolute atomic E-state index is 0.187. The fourth-order valence-corrected chi connectivity index (χ4v) is 3.05. The molecule has 1 atom stereocenters. The molecule has 0 aliphatic rings. The normalized spacial score (nSPS) is 12.7. The maximum absolute atomic E-state index is 12.8. The Bertz CT molecular complexity index is 1050. The van der Waals surface area contributed by atoms with Gasteiger partial charge in [0.15, 0.2) is 0 Å². The van der Waals surface area contributed by atoms with Crippen LogP contribution in [0, 0.1) is 0 Å². The van der Waals surface area contributed by atoms with Crippen LogP contribution in [0.5, 0.6) is 0 Å². The third kappa shape index (κ3) is 4.77. The molecular weight excluding hydrogens is 397 g/mol. The largest absolute Gasteiger partial charge is 0.416 e. The zero-order valence-electron chi connectivity index (χ0n) is 16.5. The van der Waals surface area contributed by atoms with Gasteiger partial charge in [0.25, 0.3) is 5.91 Å². The monoisotopic (exact) mass is 418 g/mol. The van der Waals surface area contributed by atoms with E-state index < -0.39 is 17.8 Å². The smallest absolute Gasteiger partial charge is 0.394 e. The molecule has 8 heteroatoms. The number of carbonyl (C=O) groups excluding carboxylic acids is 1. The van der Waals surface area contributed by atoms with Gasteiger partial charge in [0.05, 0.1) is 30.0 Å². The summed E-state index contributed by atoms with van der Waals surface area (Å²) in [5.74, 6) is -0.353. The van der Waals surface area contributed by atoms with Crippen molar-refractivity contribution in [2.24, 2.45) is 0 Å². The molecule has 2 aromatic carbocycles. The number of methoxy groups -OCH3 is 1. The number of rotatable bonds is 6. The molecule has 0 saturated heterocycles. The van der Waals surface area contributed by atoms with Crippen LogP contribution in [0.3, 0.4) is 0 Å². The zero-order valence-corrected chi connectivity index (χ0v) is 16.5. The SMILES string of the molecule is COCc1cc(-c2ccc(C(F)(F)F)cc2)nc2cc(C(=O)N[C@H](C)CO)ccc12. The second-order valence-corrected chi connectivity index (χ2v) is 6.96. The van der Waals surface area contributed by atoms with Gasteiger partial charge in [-0.2, -0.15) is 13.2 Å². The number of hydrogen-bond acceptors (Lipinski definition) is 4. The van der Waals surface area contributed by atoms with Gasteiger partial charge in [0.1, 0.15) is 0 Å². The highest BCUT2D eigenvalue weighted by molar-refractivity contribution is 5.98. The first-order valence-electron chi connectivity index (χ1n) is 9.25. The van der Waals surface area contributed by atoms with Crippen LogP contribution in [0.25, 0.3) is 22.2 Å². The Balaban J connectivity index is 2.05. The first-order valence-corrected chi connectivity index (χ1v) is 9.25. The van der Waals surface area contributed by atoms with Crippen molar-refractivity contribution in [1.29, 1.82) is 0 Å². The molecule has 30 heavy (non-hydrogen) atoms. The van der Waals surface area contributed by atoms with Crippen molar-refractivity contribution in [2.75, 3.05) is 13.7 Å². The lowest BCUT2D eigenvalue weighted by molar-refractivity contribution is -0.137. The van der Waals surface area contributed by atoms with Gasteiger partial charge in [-0.1, -0.05) is 18.2 Å². The Kier molecular flexibility index (Phi) is 6.38. The molecule has 1 heterocycles. The van der Waals surface area contributed by atoms with Crippen molar-refractivity contribution >= 4 is 16.8 Å². The number of fused-ring (bicyclic) bond motifs is 1. The van der Waals surface area contributed by atoms with Gasteiger partial charge in [0.2, 0.25) is 0 Å². The first-order chi connectivity index (χ1) is 14.2. The van der Waals surface area contributed by atoms with Gasteiger partial charge in [-0.3, -0.25) is 4.79 Å². The molecule has 0 spiro atoms. The summed E-state index contributed by atoms with van der Waals surface area (Å²) in [6, 6.07) is 11.1. The fraction of sp³-hybridized carbons (Fsp3) is 0.273. The summed E-state index contributed by atoms with van der Waals surface area (Å²) in [6.07, 6.45) is -4.41. The number of halogens is 3. The summed E-state index contributed by atoms with van der Waals surface area (Å²) in [7, 11) is 1.54. The van der Waals surface area contributed by atoms with Gasteiger partial charge < -0.3 is 15.2 Å². The van der Waals surface area contributed by atoms with Crippen molar-refractivity contribution in [2.45, 2.75) is 25.7 Å². The molecule has 158 valence electrons. The van der Waals surface area contributed by atoms with E-state index in [1.54, 1.807) is 38.3 Å². The lowest BCUT2D eigenvalue weighted by atomic mass is 10.0. The van der Waals surface area contributed by atoms with Crippen LogP contribution in [-0.2, 0) is 17.5 Å². The fourth-order valence-electron chi connectivity index (χ4n) is 3.05. The van der Waals surface area contributed by atoms with Crippen molar-refractivity contribution in [3.05, 3.63) is 65.2 Å². The van der Waals surface area contributed by atoms with E-state index in [-0.39, 0.29) is 19.1 Å². The van der Waals surface area contributed by atoms with Gasteiger partial charge in [-0.25, -0.2) is 4.98 Å². The van der Waals surface area contributed by atoms with Crippen LogP contribution >= 0.6 is 0 Å². The Morgan fingerprint density at radius 3 is 2.47 bits per heavy atom. The Labute approximate surface area is 171 Å². The number of benzene rings is 2. The highest BCUT2D eigenvalue weighted by Gasteiger charge is 2.30. The number of carbonyl (C=O) groups is 1. The lowest BCUT2D eigenvalue weighted by Crippen LogP contribution is -2.34. The molecule has 0 aliphatic carbocycles. The minimum atomic E-state index is -4.41. The second kappa shape index (κ2) is 8.81. The summed E-state index contributed by atoms with van der Waals surface area (Å²) >= 11 is 0. The molecule has 1 aromatic heterocycles. The highest BCUT2D eigenvalue weighted by Crippen LogP contribution is 2.32. The number of nitrogens with zero attached hydrogens (tertiary/aromatic N) is 1. The van der Waals surface area contributed by atoms with E-state index in [0.717, 1.165) is 23.1 Å². The van der Waals surface area contributed by atoms with Gasteiger partial charge in [0, 0.05) is 29.7 Å². The molecule has 0 fully saturated rings. The highest BCUT2D eigenvalue weighted by atomic mass is 19.4. The van der Waals surface area contributed by atoms with Gasteiger partial charge >= 0.3 is 6.18 Å². The number of nitrogens with one attached hydrogen (secondary N) is 1.